The fourth-order valence-corrected chi connectivity index (χ4v) is 1.80. The number of aromatic nitrogens is 2. The van der Waals surface area contributed by atoms with E-state index in [0.29, 0.717) is 0 Å². The average molecular weight is 349 g/mol. The number of para-hydroxylation sites is 1. The molecule has 106 valence electrons. The second-order valence-electron chi connectivity index (χ2n) is 3.81. The van der Waals surface area contributed by atoms with E-state index in [1.165, 1.54) is 24.4 Å². The van der Waals surface area contributed by atoms with Crippen molar-refractivity contribution in [3.8, 4) is 17.0 Å². The van der Waals surface area contributed by atoms with Crippen molar-refractivity contribution in [2.75, 3.05) is 6.61 Å². The third-order valence-electron chi connectivity index (χ3n) is 2.33. The zero-order chi connectivity index (χ0) is 14.8. The van der Waals surface area contributed by atoms with Gasteiger partial charge in [0.25, 0.3) is 0 Å². The molecule has 1 heterocycles. The Morgan fingerprint density at radius 2 is 2.00 bits per heavy atom. The van der Waals surface area contributed by atoms with Crippen LogP contribution in [0.1, 0.15) is 0 Å². The van der Waals surface area contributed by atoms with Crippen LogP contribution in [0.15, 0.2) is 39.7 Å². The monoisotopic (exact) mass is 348 g/mol. The summed E-state index contributed by atoms with van der Waals surface area (Å²) < 4.78 is 41.6. The van der Waals surface area contributed by atoms with Crippen molar-refractivity contribution in [3.63, 3.8) is 0 Å². The van der Waals surface area contributed by atoms with E-state index in [2.05, 4.69) is 26.1 Å². The van der Waals surface area contributed by atoms with E-state index in [4.69, 9.17) is 4.74 Å². The zero-order valence-electron chi connectivity index (χ0n) is 9.87. The van der Waals surface area contributed by atoms with Gasteiger partial charge in [0, 0.05) is 11.8 Å². The van der Waals surface area contributed by atoms with Gasteiger partial charge in [-0.15, -0.1) is 0 Å². The first-order valence-corrected chi connectivity index (χ1v) is 6.20. The fraction of sp³-hybridized carbons (Fsp3) is 0.167. The first kappa shape index (κ1) is 14.6. The van der Waals surface area contributed by atoms with E-state index in [0.717, 1.165) is 0 Å². The minimum Gasteiger partial charge on any atom is -0.483 e. The third kappa shape index (κ3) is 3.38. The van der Waals surface area contributed by atoms with Gasteiger partial charge >= 0.3 is 6.18 Å². The summed E-state index contributed by atoms with van der Waals surface area (Å²) in [5.41, 5.74) is -0.261. The number of nitrogens with one attached hydrogen (secondary N) is 1. The molecular formula is C12H8BrF3N2O2. The van der Waals surface area contributed by atoms with Crippen LogP contribution in [-0.4, -0.2) is 23.0 Å². The lowest BCUT2D eigenvalue weighted by Gasteiger charge is -2.12. The van der Waals surface area contributed by atoms with Crippen molar-refractivity contribution in [3.05, 3.63) is 45.2 Å². The van der Waals surface area contributed by atoms with E-state index >= 15 is 0 Å². The van der Waals surface area contributed by atoms with Gasteiger partial charge in [0.1, 0.15) is 11.4 Å². The summed E-state index contributed by atoms with van der Waals surface area (Å²) in [6.45, 7) is -1.43. The quantitative estimate of drug-likeness (QED) is 0.926. The van der Waals surface area contributed by atoms with E-state index in [1.807, 2.05) is 0 Å². The molecule has 0 unspecified atom stereocenters. The molecule has 8 heteroatoms. The highest BCUT2D eigenvalue weighted by Gasteiger charge is 2.29. The maximum atomic E-state index is 12.2. The topological polar surface area (TPSA) is 55.0 Å². The Balaban J connectivity index is 2.42. The molecule has 20 heavy (non-hydrogen) atoms. The van der Waals surface area contributed by atoms with Gasteiger partial charge in [-0.1, -0.05) is 12.1 Å². The molecule has 0 saturated heterocycles. The van der Waals surface area contributed by atoms with Crippen molar-refractivity contribution in [2.24, 2.45) is 0 Å². The summed E-state index contributed by atoms with van der Waals surface area (Å²) >= 11 is 3.03. The molecule has 0 aliphatic rings. The third-order valence-corrected chi connectivity index (χ3v) is 2.92. The molecule has 0 atom stereocenters. The van der Waals surface area contributed by atoms with E-state index < -0.39 is 18.2 Å². The molecule has 4 nitrogen and oxygen atoms in total. The van der Waals surface area contributed by atoms with Gasteiger partial charge in [0.15, 0.2) is 6.61 Å². The van der Waals surface area contributed by atoms with Gasteiger partial charge in [-0.05, 0) is 28.1 Å². The molecule has 0 aliphatic heterocycles. The number of hydrogen-bond acceptors (Lipinski definition) is 3. The molecule has 0 radical (unpaired) electrons. The van der Waals surface area contributed by atoms with Crippen molar-refractivity contribution in [1.82, 2.24) is 10.2 Å². The number of benzene rings is 1. The molecule has 0 fully saturated rings. The summed E-state index contributed by atoms with van der Waals surface area (Å²) in [6, 6.07) is 5.91. The zero-order valence-corrected chi connectivity index (χ0v) is 11.5. The Morgan fingerprint density at radius 3 is 2.70 bits per heavy atom. The largest absolute Gasteiger partial charge is 0.483 e. The summed E-state index contributed by atoms with van der Waals surface area (Å²) in [5.74, 6) is -0.0547. The number of aromatic amines is 1. The molecule has 1 aromatic heterocycles. The van der Waals surface area contributed by atoms with Crippen LogP contribution >= 0.6 is 15.9 Å². The molecule has 0 amide bonds. The summed E-state index contributed by atoms with van der Waals surface area (Å²) in [7, 11) is 0. The number of hydrogen-bond donors (Lipinski definition) is 1. The number of nitrogens with zero attached hydrogens (tertiary/aromatic N) is 1. The second-order valence-corrected chi connectivity index (χ2v) is 4.67. The molecule has 1 aromatic carbocycles. The smallest absolute Gasteiger partial charge is 0.422 e. The molecule has 0 aliphatic carbocycles. The Bertz CT molecular complexity index is 670. The van der Waals surface area contributed by atoms with Gasteiger partial charge in [-0.25, -0.2) is 0 Å². The van der Waals surface area contributed by atoms with Crippen LogP contribution in [0.3, 0.4) is 0 Å². The highest BCUT2D eigenvalue weighted by molar-refractivity contribution is 9.10. The minimum absolute atomic E-state index is 0.0165. The van der Waals surface area contributed by atoms with Crippen LogP contribution in [0.4, 0.5) is 13.2 Å². The van der Waals surface area contributed by atoms with Crippen LogP contribution in [0.25, 0.3) is 11.3 Å². The fourth-order valence-electron chi connectivity index (χ4n) is 1.51. The Kier molecular flexibility index (Phi) is 4.12. The van der Waals surface area contributed by atoms with Crippen LogP contribution in [0.5, 0.6) is 5.75 Å². The van der Waals surface area contributed by atoms with Gasteiger partial charge in [-0.3, -0.25) is 9.89 Å². The number of rotatable bonds is 3. The maximum absolute atomic E-state index is 12.2. The van der Waals surface area contributed by atoms with Gasteiger partial charge in [0.2, 0.25) is 5.43 Å². The van der Waals surface area contributed by atoms with Crippen molar-refractivity contribution in [2.45, 2.75) is 6.18 Å². The number of H-pyrrole nitrogens is 1. The summed E-state index contributed by atoms with van der Waals surface area (Å²) in [5, 5.41) is 6.28. The van der Waals surface area contributed by atoms with Crippen LogP contribution < -0.4 is 10.2 Å². The SMILES string of the molecule is O=c1c(Br)c[nH]nc1-c1ccccc1OCC(F)(F)F. The molecule has 1 N–H and O–H groups in total. The summed E-state index contributed by atoms with van der Waals surface area (Å²) in [6.07, 6.45) is -3.12. The Labute approximate surface area is 119 Å². The molecule has 0 saturated carbocycles. The second kappa shape index (κ2) is 5.66. The van der Waals surface area contributed by atoms with Crippen molar-refractivity contribution < 1.29 is 17.9 Å². The lowest BCUT2D eigenvalue weighted by molar-refractivity contribution is -0.153. The maximum Gasteiger partial charge on any atom is 0.422 e. The van der Waals surface area contributed by atoms with Crippen molar-refractivity contribution >= 4 is 15.9 Å². The molecule has 2 rings (SSSR count). The van der Waals surface area contributed by atoms with Gasteiger partial charge < -0.3 is 4.74 Å². The molecular weight excluding hydrogens is 341 g/mol. The average Bonchev–Trinajstić information content (AvgIpc) is 2.39. The van der Waals surface area contributed by atoms with E-state index in [9.17, 15) is 18.0 Å². The van der Waals surface area contributed by atoms with Crippen LogP contribution in [0, 0.1) is 0 Å². The Hall–Kier alpha value is -1.83. The highest BCUT2D eigenvalue weighted by atomic mass is 79.9. The van der Waals surface area contributed by atoms with E-state index in [-0.39, 0.29) is 21.5 Å². The van der Waals surface area contributed by atoms with Crippen molar-refractivity contribution in [1.29, 1.82) is 0 Å². The van der Waals surface area contributed by atoms with Crippen LogP contribution in [-0.2, 0) is 0 Å². The first-order valence-electron chi connectivity index (χ1n) is 5.41. The molecule has 0 spiro atoms. The summed E-state index contributed by atoms with van der Waals surface area (Å²) in [4.78, 5) is 11.9. The number of halogens is 4. The van der Waals surface area contributed by atoms with Gasteiger partial charge in [0.05, 0.1) is 4.47 Å². The van der Waals surface area contributed by atoms with E-state index in [1.54, 1.807) is 6.07 Å². The lowest BCUT2D eigenvalue weighted by Crippen LogP contribution is -2.20. The minimum atomic E-state index is -4.45. The standard InChI is InChI=1S/C12H8BrF3N2O2/c13-8-5-17-18-10(11(8)19)7-3-1-2-4-9(7)20-6-12(14,15)16/h1-5H,6H2,(H,17,19). The number of alkyl halides is 3. The van der Waals surface area contributed by atoms with Crippen LogP contribution in [0.2, 0.25) is 0 Å². The first-order chi connectivity index (χ1) is 9.38. The predicted octanol–water partition coefficient (Wildman–Crippen LogP) is 3.14. The number of ether oxygens (including phenoxy) is 1. The molecule has 0 bridgehead atoms. The normalized spacial score (nSPS) is 11.4. The molecule has 2 aromatic rings. The predicted molar refractivity (Wildman–Crippen MR) is 69.5 cm³/mol. The lowest BCUT2D eigenvalue weighted by atomic mass is 10.1. The highest BCUT2D eigenvalue weighted by Crippen LogP contribution is 2.28. The van der Waals surface area contributed by atoms with Gasteiger partial charge in [-0.2, -0.15) is 18.3 Å². The Morgan fingerprint density at radius 1 is 1.30 bits per heavy atom.